The highest BCUT2D eigenvalue weighted by atomic mass is 16.3. The molecule has 0 amide bonds. The van der Waals surface area contributed by atoms with Crippen molar-refractivity contribution in [2.75, 3.05) is 25.9 Å². The molecule has 0 saturated heterocycles. The molecule has 1 rings (SSSR count). The zero-order valence-electron chi connectivity index (χ0n) is 8.93. The number of rotatable bonds is 5. The Morgan fingerprint density at radius 2 is 1.93 bits per heavy atom. The Kier molecular flexibility index (Phi) is 4.55. The van der Waals surface area contributed by atoms with Crippen LogP contribution in [0.3, 0.4) is 0 Å². The molecule has 84 valence electrons. The van der Waals surface area contributed by atoms with Crippen molar-refractivity contribution in [2.24, 2.45) is 0 Å². The summed E-state index contributed by atoms with van der Waals surface area (Å²) in [7, 11) is 1.90. The first-order valence-electron chi connectivity index (χ1n) is 4.93. The summed E-state index contributed by atoms with van der Waals surface area (Å²) in [6.07, 6.45) is -0.677. The van der Waals surface area contributed by atoms with Crippen LogP contribution in [0, 0.1) is 0 Å². The summed E-state index contributed by atoms with van der Waals surface area (Å²) in [4.78, 5) is 1.95. The molecule has 1 atom stereocenters. The number of benzene rings is 1. The number of nitrogens with zero attached hydrogens (tertiary/aromatic N) is 1. The smallest absolute Gasteiger partial charge is 0.0897 e. The first-order chi connectivity index (χ1) is 7.11. The topological polar surface area (TPSA) is 69.7 Å². The van der Waals surface area contributed by atoms with Crippen molar-refractivity contribution in [2.45, 2.75) is 12.6 Å². The monoisotopic (exact) mass is 210 g/mol. The summed E-state index contributed by atoms with van der Waals surface area (Å²) in [5.74, 6) is 0. The Morgan fingerprint density at radius 3 is 2.47 bits per heavy atom. The molecule has 0 heterocycles. The van der Waals surface area contributed by atoms with Crippen LogP contribution in [-0.4, -0.2) is 41.4 Å². The van der Waals surface area contributed by atoms with Crippen molar-refractivity contribution in [3.8, 4) is 0 Å². The lowest BCUT2D eigenvalue weighted by molar-refractivity contribution is 0.0648. The van der Waals surface area contributed by atoms with Crippen LogP contribution in [0.2, 0.25) is 0 Å². The SMILES string of the molecule is CN(Cc1ccc(N)cc1)CC(O)CO. The van der Waals surface area contributed by atoms with Gasteiger partial charge in [0.1, 0.15) is 0 Å². The van der Waals surface area contributed by atoms with E-state index in [0.29, 0.717) is 6.54 Å². The maximum Gasteiger partial charge on any atom is 0.0897 e. The molecule has 1 aromatic rings. The van der Waals surface area contributed by atoms with Gasteiger partial charge in [-0.25, -0.2) is 0 Å². The molecule has 4 N–H and O–H groups in total. The number of anilines is 1. The van der Waals surface area contributed by atoms with Gasteiger partial charge in [-0.1, -0.05) is 12.1 Å². The van der Waals surface area contributed by atoms with Crippen LogP contribution in [-0.2, 0) is 6.54 Å². The molecule has 0 aliphatic carbocycles. The maximum atomic E-state index is 9.24. The fraction of sp³-hybridized carbons (Fsp3) is 0.455. The van der Waals surface area contributed by atoms with Gasteiger partial charge in [-0.05, 0) is 24.7 Å². The normalized spacial score (nSPS) is 13.1. The van der Waals surface area contributed by atoms with E-state index in [1.807, 2.05) is 36.2 Å². The average molecular weight is 210 g/mol. The van der Waals surface area contributed by atoms with Crippen LogP contribution in [0.15, 0.2) is 24.3 Å². The number of aliphatic hydroxyl groups is 2. The first kappa shape index (κ1) is 12.0. The lowest BCUT2D eigenvalue weighted by Gasteiger charge is -2.19. The van der Waals surface area contributed by atoms with E-state index in [2.05, 4.69) is 0 Å². The molecule has 0 fully saturated rings. The molecule has 1 unspecified atom stereocenters. The van der Waals surface area contributed by atoms with Crippen molar-refractivity contribution >= 4 is 5.69 Å². The third kappa shape index (κ3) is 4.29. The largest absolute Gasteiger partial charge is 0.399 e. The summed E-state index contributed by atoms with van der Waals surface area (Å²) >= 11 is 0. The zero-order valence-corrected chi connectivity index (χ0v) is 8.93. The van der Waals surface area contributed by atoms with Crippen LogP contribution in [0.25, 0.3) is 0 Å². The van der Waals surface area contributed by atoms with Crippen molar-refractivity contribution in [1.82, 2.24) is 4.90 Å². The van der Waals surface area contributed by atoms with E-state index in [1.54, 1.807) is 0 Å². The molecule has 0 saturated carbocycles. The summed E-state index contributed by atoms with van der Waals surface area (Å²) in [5, 5.41) is 17.9. The number of nitrogen functional groups attached to an aromatic ring is 1. The number of nitrogens with two attached hydrogens (primary N) is 1. The van der Waals surface area contributed by atoms with Gasteiger partial charge in [0.15, 0.2) is 0 Å². The highest BCUT2D eigenvalue weighted by Gasteiger charge is 2.06. The molecule has 0 radical (unpaired) electrons. The number of hydrogen-bond donors (Lipinski definition) is 3. The van der Waals surface area contributed by atoms with E-state index in [4.69, 9.17) is 10.8 Å². The van der Waals surface area contributed by atoms with Crippen molar-refractivity contribution in [3.63, 3.8) is 0 Å². The summed E-state index contributed by atoms with van der Waals surface area (Å²) in [6.45, 7) is 0.990. The number of aliphatic hydroxyl groups excluding tert-OH is 2. The van der Waals surface area contributed by atoms with Crippen molar-refractivity contribution in [1.29, 1.82) is 0 Å². The van der Waals surface area contributed by atoms with Gasteiger partial charge in [-0.3, -0.25) is 4.90 Å². The minimum absolute atomic E-state index is 0.202. The molecular formula is C11H18N2O2. The molecule has 4 heteroatoms. The zero-order chi connectivity index (χ0) is 11.3. The highest BCUT2D eigenvalue weighted by molar-refractivity contribution is 5.39. The third-order valence-electron chi connectivity index (χ3n) is 2.17. The molecule has 4 nitrogen and oxygen atoms in total. The van der Waals surface area contributed by atoms with Gasteiger partial charge in [0.2, 0.25) is 0 Å². The first-order valence-corrected chi connectivity index (χ1v) is 4.93. The molecule has 0 aliphatic rings. The van der Waals surface area contributed by atoms with Crippen molar-refractivity contribution in [3.05, 3.63) is 29.8 Å². The lowest BCUT2D eigenvalue weighted by Crippen LogP contribution is -2.30. The van der Waals surface area contributed by atoms with Crippen LogP contribution >= 0.6 is 0 Å². The summed E-state index contributed by atoms with van der Waals surface area (Å²) in [6, 6.07) is 7.62. The number of hydrogen-bond acceptors (Lipinski definition) is 4. The van der Waals surface area contributed by atoms with Crippen LogP contribution < -0.4 is 5.73 Å². The molecule has 15 heavy (non-hydrogen) atoms. The summed E-state index contributed by atoms with van der Waals surface area (Å²) in [5.41, 5.74) is 7.46. The molecule has 0 aliphatic heterocycles. The highest BCUT2D eigenvalue weighted by Crippen LogP contribution is 2.07. The number of likely N-dealkylation sites (N-methyl/N-ethyl adjacent to an activating group) is 1. The third-order valence-corrected chi connectivity index (χ3v) is 2.17. The minimum Gasteiger partial charge on any atom is -0.399 e. The standard InChI is InChI=1S/C11H18N2O2/c1-13(7-11(15)8-14)6-9-2-4-10(12)5-3-9/h2-5,11,14-15H,6-8,12H2,1H3. The van der Waals surface area contributed by atoms with Gasteiger partial charge in [0, 0.05) is 18.8 Å². The summed E-state index contributed by atoms with van der Waals surface area (Å²) < 4.78 is 0. The van der Waals surface area contributed by atoms with E-state index in [-0.39, 0.29) is 6.61 Å². The van der Waals surface area contributed by atoms with Gasteiger partial charge < -0.3 is 15.9 Å². The van der Waals surface area contributed by atoms with Gasteiger partial charge in [-0.2, -0.15) is 0 Å². The Bertz CT molecular complexity index is 287. The molecule has 1 aromatic carbocycles. The van der Waals surface area contributed by atoms with Crippen LogP contribution in [0.1, 0.15) is 5.56 Å². The van der Waals surface area contributed by atoms with E-state index < -0.39 is 6.10 Å². The van der Waals surface area contributed by atoms with E-state index in [9.17, 15) is 5.11 Å². The molecular weight excluding hydrogens is 192 g/mol. The molecule has 0 spiro atoms. The van der Waals surface area contributed by atoms with E-state index >= 15 is 0 Å². The lowest BCUT2D eigenvalue weighted by atomic mass is 10.2. The second kappa shape index (κ2) is 5.70. The average Bonchev–Trinajstić information content (AvgIpc) is 2.21. The maximum absolute atomic E-state index is 9.24. The Hall–Kier alpha value is -1.10. The quantitative estimate of drug-likeness (QED) is 0.601. The molecule has 0 bridgehead atoms. The molecule has 0 aromatic heterocycles. The fourth-order valence-corrected chi connectivity index (χ4v) is 1.42. The predicted molar refractivity (Wildman–Crippen MR) is 60.3 cm³/mol. The van der Waals surface area contributed by atoms with Crippen LogP contribution in [0.5, 0.6) is 0 Å². The fourth-order valence-electron chi connectivity index (χ4n) is 1.42. The Labute approximate surface area is 89.9 Å². The Balaban J connectivity index is 2.44. The van der Waals surface area contributed by atoms with Gasteiger partial charge in [-0.15, -0.1) is 0 Å². The second-order valence-electron chi connectivity index (χ2n) is 3.77. The minimum atomic E-state index is -0.677. The van der Waals surface area contributed by atoms with Gasteiger partial charge in [0.25, 0.3) is 0 Å². The van der Waals surface area contributed by atoms with Crippen LogP contribution in [0.4, 0.5) is 5.69 Å². The predicted octanol–water partition coefficient (Wildman–Crippen LogP) is 0.0538. The van der Waals surface area contributed by atoms with E-state index in [1.165, 1.54) is 0 Å². The Morgan fingerprint density at radius 1 is 1.33 bits per heavy atom. The van der Waals surface area contributed by atoms with Gasteiger partial charge >= 0.3 is 0 Å². The van der Waals surface area contributed by atoms with Gasteiger partial charge in [0.05, 0.1) is 12.7 Å². The van der Waals surface area contributed by atoms with Crippen molar-refractivity contribution < 1.29 is 10.2 Å². The van der Waals surface area contributed by atoms with E-state index in [0.717, 1.165) is 17.8 Å². The second-order valence-corrected chi connectivity index (χ2v) is 3.77.